The van der Waals surface area contributed by atoms with E-state index < -0.39 is 73.7 Å². The molecule has 4 rings (SSSR count). The minimum Gasteiger partial charge on any atom is -0.748 e. The van der Waals surface area contributed by atoms with Crippen molar-refractivity contribution in [1.82, 2.24) is 0 Å². The Balaban J connectivity index is 0.00000771. The van der Waals surface area contributed by atoms with E-state index >= 15 is 0 Å². The molecule has 0 fully saturated rings. The number of allylic oxidation sites excluding steroid dienone is 6. The summed E-state index contributed by atoms with van der Waals surface area (Å²) in [4.78, 5) is 12.2. The molecule has 0 spiro atoms. The van der Waals surface area contributed by atoms with Crippen molar-refractivity contribution in [3.05, 3.63) is 83.6 Å². The standard InChI is InChI=1S/C42H58N2O17S4.3Na/c1-41(19-10-28-62(47,48)49)34-30-32(64(53,54)55)15-17-36(34)43(21-9-5-8-14-40(45)46)38(41)12-6-4-7-13-39-42(2,20-11-29-63(50,51)52)35-31-33(65(56,57)58)16-18-37(35)44(39)22-23-60-26-27-61-25-24-59-3;;;/h4,6-7,12-13,15-18,30-31H,5,8-11,14,19-29H2,1-3H3,(H4-,45,46,47,48,49,50,51,52,53,54,55,56,57,58);;;/q;3*+1/p-1. The molecule has 3 N–H and O–H groups in total. The van der Waals surface area contributed by atoms with Crippen LogP contribution in [0.3, 0.4) is 0 Å². The maximum atomic E-state index is 12.3. The van der Waals surface area contributed by atoms with E-state index in [9.17, 15) is 56.7 Å². The van der Waals surface area contributed by atoms with Gasteiger partial charge in [-0.1, -0.05) is 18.2 Å². The second-order valence-corrected chi connectivity index (χ2v) is 22.0. The summed E-state index contributed by atoms with van der Waals surface area (Å²) >= 11 is 0. The summed E-state index contributed by atoms with van der Waals surface area (Å²) in [5, 5.41) is 9.14. The molecule has 19 nitrogen and oxygen atoms in total. The van der Waals surface area contributed by atoms with E-state index in [0.29, 0.717) is 79.5 Å². The Morgan fingerprint density at radius 1 is 0.735 bits per heavy atom. The average Bonchev–Trinajstić information content (AvgIpc) is 3.56. The van der Waals surface area contributed by atoms with Gasteiger partial charge in [-0.2, -0.15) is 21.4 Å². The predicted molar refractivity (Wildman–Crippen MR) is 238 cm³/mol. The Bertz CT molecular complexity index is 2630. The molecule has 2 aliphatic heterocycles. The van der Waals surface area contributed by atoms with E-state index in [2.05, 4.69) is 0 Å². The van der Waals surface area contributed by atoms with Gasteiger partial charge in [0.05, 0.1) is 64.1 Å². The Labute approximate surface area is 466 Å². The number of methoxy groups -OCH3 is 1. The quantitative estimate of drug-likeness (QED) is 0.0237. The van der Waals surface area contributed by atoms with E-state index in [1.54, 1.807) is 51.3 Å². The van der Waals surface area contributed by atoms with Gasteiger partial charge >= 0.3 is 94.6 Å². The number of carbonyl (C=O) groups is 1. The van der Waals surface area contributed by atoms with Gasteiger partial charge in [0.25, 0.3) is 20.2 Å². The van der Waals surface area contributed by atoms with E-state index in [1.165, 1.54) is 36.4 Å². The summed E-state index contributed by atoms with van der Waals surface area (Å²) in [6.07, 6.45) is 9.95. The third kappa shape index (κ3) is 18.9. The van der Waals surface area contributed by atoms with Gasteiger partial charge in [-0.05, 0) is 94.3 Å². The summed E-state index contributed by atoms with van der Waals surface area (Å²) in [5.41, 5.74) is 0.989. The second-order valence-electron chi connectivity index (χ2n) is 16.1. The van der Waals surface area contributed by atoms with Crippen molar-refractivity contribution in [3.8, 4) is 0 Å². The zero-order valence-electron chi connectivity index (χ0n) is 39.5. The van der Waals surface area contributed by atoms with Crippen LogP contribution in [0.1, 0.15) is 76.3 Å². The molecule has 0 saturated carbocycles. The number of aliphatic carboxylic acids is 1. The number of unbranched alkanes of at least 4 members (excludes halogenated alkanes) is 2. The van der Waals surface area contributed by atoms with Crippen LogP contribution in [0.5, 0.6) is 0 Å². The number of anilines is 1. The van der Waals surface area contributed by atoms with Gasteiger partial charge in [0, 0.05) is 66.8 Å². The fraction of sp³-hybridized carbons (Fsp3) is 0.524. The smallest absolute Gasteiger partial charge is 0.748 e. The Kier molecular flexibility index (Phi) is 27.3. The van der Waals surface area contributed by atoms with E-state index in [1.807, 2.05) is 9.48 Å². The number of rotatable bonds is 28. The van der Waals surface area contributed by atoms with Crippen molar-refractivity contribution in [2.45, 2.75) is 85.8 Å². The van der Waals surface area contributed by atoms with Crippen molar-refractivity contribution in [2.24, 2.45) is 0 Å². The fourth-order valence-corrected chi connectivity index (χ4v) is 10.3. The molecule has 2 aliphatic rings. The van der Waals surface area contributed by atoms with Gasteiger partial charge in [-0.15, -0.1) is 0 Å². The largest absolute Gasteiger partial charge is 1.00 e. The maximum absolute atomic E-state index is 12.3. The number of benzene rings is 2. The molecule has 0 aliphatic carbocycles. The third-order valence-electron chi connectivity index (χ3n) is 11.4. The first-order valence-electron chi connectivity index (χ1n) is 20.8. The number of fused-ring (bicyclic) bond motifs is 2. The first-order chi connectivity index (χ1) is 30.3. The van der Waals surface area contributed by atoms with Crippen LogP contribution in [0.15, 0.2) is 82.3 Å². The van der Waals surface area contributed by atoms with Crippen LogP contribution in [0.2, 0.25) is 0 Å². The van der Waals surface area contributed by atoms with Crippen molar-refractivity contribution in [2.75, 3.05) is 69.6 Å². The number of carboxylic acid groups (broad SMARTS) is 1. The first-order valence-corrected chi connectivity index (χ1v) is 26.8. The van der Waals surface area contributed by atoms with Gasteiger partial charge < -0.3 is 33.3 Å². The molecule has 2 aromatic rings. The number of hydrogen-bond acceptors (Lipinski definition) is 15. The van der Waals surface area contributed by atoms with Crippen molar-refractivity contribution >= 4 is 63.5 Å². The molecule has 68 heavy (non-hydrogen) atoms. The normalized spacial score (nSPS) is 19.0. The van der Waals surface area contributed by atoms with Crippen LogP contribution in [-0.4, -0.2) is 138 Å². The van der Waals surface area contributed by atoms with Gasteiger partial charge in [0.2, 0.25) is 5.69 Å². The molecule has 26 heteroatoms. The number of hydrogen-bond donors (Lipinski definition) is 3. The van der Waals surface area contributed by atoms with Gasteiger partial charge in [0.15, 0.2) is 5.71 Å². The summed E-state index contributed by atoms with van der Waals surface area (Å²) in [5.74, 6) is -2.22. The Morgan fingerprint density at radius 2 is 1.34 bits per heavy atom. The zero-order chi connectivity index (χ0) is 48.3. The molecule has 0 saturated heterocycles. The van der Waals surface area contributed by atoms with E-state index in [4.69, 9.17) is 19.3 Å². The number of carboxylic acids is 1. The maximum Gasteiger partial charge on any atom is 1.00 e. The van der Waals surface area contributed by atoms with Crippen molar-refractivity contribution in [3.63, 3.8) is 0 Å². The van der Waals surface area contributed by atoms with Crippen molar-refractivity contribution in [1.29, 1.82) is 0 Å². The summed E-state index contributed by atoms with van der Waals surface area (Å²) in [7, 11) is -17.0. The summed E-state index contributed by atoms with van der Waals surface area (Å²) in [6.45, 7) is 5.64. The summed E-state index contributed by atoms with van der Waals surface area (Å²) < 4.78 is 157. The van der Waals surface area contributed by atoms with E-state index in [0.717, 1.165) is 0 Å². The molecule has 2 heterocycles. The molecular weight excluding hydrogens is 1000 g/mol. The Morgan fingerprint density at radius 3 is 1.94 bits per heavy atom. The topological polar surface area (TPSA) is 294 Å². The number of ether oxygens (including phenoxy) is 3. The minimum atomic E-state index is -4.91. The molecule has 0 radical (unpaired) electrons. The van der Waals surface area contributed by atoms with Crippen LogP contribution >= 0.6 is 0 Å². The average molecular weight is 1060 g/mol. The van der Waals surface area contributed by atoms with Gasteiger partial charge in [-0.25, -0.2) is 16.8 Å². The third-order valence-corrected chi connectivity index (χ3v) is 14.7. The molecular formula is C42H57N2Na3O17S4+2. The van der Waals surface area contributed by atoms with Crippen LogP contribution in [0.4, 0.5) is 11.4 Å². The van der Waals surface area contributed by atoms with Crippen molar-refractivity contribution < 1.29 is 169 Å². The second kappa shape index (κ2) is 28.5. The molecule has 2 aromatic carbocycles. The predicted octanol–water partition coefficient (Wildman–Crippen LogP) is -4.70. The van der Waals surface area contributed by atoms with Gasteiger partial charge in [-0.3, -0.25) is 13.9 Å². The molecule has 362 valence electrons. The Hall–Kier alpha value is -0.880. The minimum absolute atomic E-state index is 0. The molecule has 2 atom stereocenters. The number of nitrogens with zero attached hydrogens (tertiary/aromatic N) is 2. The molecule has 0 bridgehead atoms. The van der Waals surface area contributed by atoms with Crippen LogP contribution in [-0.2, 0) is 70.3 Å². The first kappa shape index (κ1) is 65.1. The van der Waals surface area contributed by atoms with Crippen LogP contribution < -0.4 is 93.6 Å². The summed E-state index contributed by atoms with van der Waals surface area (Å²) in [6, 6.07) is 8.03. The molecule has 0 amide bonds. The fourth-order valence-electron chi connectivity index (χ4n) is 8.30. The van der Waals surface area contributed by atoms with E-state index in [-0.39, 0.29) is 145 Å². The SMILES string of the molecule is COCCOCCOCCN1C(=CC=CC=CC2=[N+](CCCCCC(=O)O)c3ccc(S(=O)(=O)[O-])cc3C2(C)CCCS(=O)(=O)[O-])C(C)(CCCS(=O)(=O)O)c2cc(S(=O)(=O)O)ccc21.[Na+].[Na+].[Na+]. The monoisotopic (exact) mass is 1060 g/mol. The molecule has 0 aromatic heterocycles. The van der Waals surface area contributed by atoms with Crippen LogP contribution in [0, 0.1) is 0 Å². The molecule has 2 unspecified atom stereocenters. The zero-order valence-corrected chi connectivity index (χ0v) is 48.7. The van der Waals surface area contributed by atoms with Crippen LogP contribution in [0.25, 0.3) is 0 Å². The van der Waals surface area contributed by atoms with Gasteiger partial charge in [0.1, 0.15) is 16.7 Å².